The maximum Gasteiger partial charge on any atom is 0.307 e. The molecule has 0 bridgehead atoms. The summed E-state index contributed by atoms with van der Waals surface area (Å²) in [4.78, 5) is 10.9. The van der Waals surface area contributed by atoms with Gasteiger partial charge >= 0.3 is 5.97 Å². The molecule has 0 saturated heterocycles. The highest BCUT2D eigenvalue weighted by Crippen LogP contribution is 2.30. The van der Waals surface area contributed by atoms with Crippen LogP contribution in [-0.4, -0.2) is 57.7 Å². The Bertz CT molecular complexity index is 664. The number of carbonyl (C=O) groups is 1. The average molecular weight is 380 g/mol. The van der Waals surface area contributed by atoms with Crippen LogP contribution >= 0.6 is 11.6 Å². The minimum Gasteiger partial charge on any atom is -0.492 e. The van der Waals surface area contributed by atoms with E-state index in [1.807, 2.05) is 0 Å². The lowest BCUT2D eigenvalue weighted by molar-refractivity contribution is -0.141. The molecule has 1 aromatic rings. The van der Waals surface area contributed by atoms with Crippen LogP contribution in [0.15, 0.2) is 23.1 Å². The van der Waals surface area contributed by atoms with Gasteiger partial charge in [0.15, 0.2) is 0 Å². The number of benzene rings is 1. The van der Waals surface area contributed by atoms with Crippen molar-refractivity contribution in [3.05, 3.63) is 23.2 Å². The molecule has 0 fully saturated rings. The van der Waals surface area contributed by atoms with Crippen molar-refractivity contribution in [3.8, 4) is 5.75 Å². The fourth-order valence-corrected chi connectivity index (χ4v) is 3.57. The van der Waals surface area contributed by atoms with E-state index in [1.54, 1.807) is 7.11 Å². The van der Waals surface area contributed by atoms with Crippen LogP contribution in [0.3, 0.4) is 0 Å². The molecule has 0 amide bonds. The zero-order valence-electron chi connectivity index (χ0n) is 13.9. The lowest BCUT2D eigenvalue weighted by Crippen LogP contribution is -2.34. The van der Waals surface area contributed by atoms with E-state index >= 15 is 0 Å². The van der Waals surface area contributed by atoms with E-state index in [0.29, 0.717) is 13.0 Å². The van der Waals surface area contributed by atoms with Crippen molar-refractivity contribution in [3.63, 3.8) is 0 Å². The van der Waals surface area contributed by atoms with Crippen LogP contribution in [-0.2, 0) is 19.6 Å². The summed E-state index contributed by atoms with van der Waals surface area (Å²) in [5.74, 6) is -1.74. The molecule has 1 aromatic carbocycles. The monoisotopic (exact) mass is 379 g/mol. The van der Waals surface area contributed by atoms with Gasteiger partial charge in [-0.05, 0) is 18.2 Å². The van der Waals surface area contributed by atoms with Crippen LogP contribution in [0.1, 0.15) is 13.3 Å². The van der Waals surface area contributed by atoms with Crippen LogP contribution in [0.25, 0.3) is 0 Å². The number of aliphatic carboxylic acids is 1. The van der Waals surface area contributed by atoms with E-state index in [2.05, 4.69) is 0 Å². The van der Waals surface area contributed by atoms with E-state index < -0.39 is 21.9 Å². The number of halogens is 1. The van der Waals surface area contributed by atoms with Crippen LogP contribution in [0.2, 0.25) is 5.02 Å². The first-order valence-electron chi connectivity index (χ1n) is 7.30. The fraction of sp³-hybridized carbons (Fsp3) is 0.533. The standard InChI is InChI=1S/C15H22ClNO6S/c1-11(15(18)19)10-17(2)24(20,21)14-9-12(16)5-6-13(14)23-8-4-7-22-3/h5-6,9,11H,4,7-8,10H2,1-3H3,(H,18,19). The van der Waals surface area contributed by atoms with Crippen molar-refractivity contribution in [1.29, 1.82) is 0 Å². The predicted molar refractivity (Wildman–Crippen MR) is 90.1 cm³/mol. The van der Waals surface area contributed by atoms with Crippen molar-refractivity contribution in [2.75, 3.05) is 33.9 Å². The maximum atomic E-state index is 12.7. The van der Waals surface area contributed by atoms with Crippen LogP contribution in [0.5, 0.6) is 5.75 Å². The Morgan fingerprint density at radius 2 is 2.04 bits per heavy atom. The van der Waals surface area contributed by atoms with Gasteiger partial charge in [-0.2, -0.15) is 4.31 Å². The Morgan fingerprint density at radius 3 is 2.62 bits per heavy atom. The largest absolute Gasteiger partial charge is 0.492 e. The lowest BCUT2D eigenvalue weighted by Gasteiger charge is -2.21. The molecule has 0 radical (unpaired) electrons. The molecule has 0 heterocycles. The van der Waals surface area contributed by atoms with Gasteiger partial charge in [0, 0.05) is 38.8 Å². The molecular formula is C15H22ClNO6S. The highest BCUT2D eigenvalue weighted by Gasteiger charge is 2.28. The first-order valence-corrected chi connectivity index (χ1v) is 9.12. The second kappa shape index (κ2) is 9.22. The summed E-state index contributed by atoms with van der Waals surface area (Å²) >= 11 is 5.91. The highest BCUT2D eigenvalue weighted by molar-refractivity contribution is 7.89. The number of carboxylic acids is 1. The van der Waals surface area contributed by atoms with Crippen LogP contribution in [0, 0.1) is 5.92 Å². The Balaban J connectivity index is 3.04. The van der Waals surface area contributed by atoms with Crippen molar-refractivity contribution in [1.82, 2.24) is 4.31 Å². The van der Waals surface area contributed by atoms with Gasteiger partial charge in [-0.15, -0.1) is 0 Å². The molecular weight excluding hydrogens is 358 g/mol. The topological polar surface area (TPSA) is 93.1 Å². The van der Waals surface area contributed by atoms with E-state index in [-0.39, 0.29) is 28.8 Å². The number of hydrogen-bond donors (Lipinski definition) is 1. The third-order valence-corrected chi connectivity index (χ3v) is 5.38. The summed E-state index contributed by atoms with van der Waals surface area (Å²) in [5, 5.41) is 9.20. The second-order valence-electron chi connectivity index (χ2n) is 5.31. The van der Waals surface area contributed by atoms with Gasteiger partial charge in [0.1, 0.15) is 10.6 Å². The summed E-state index contributed by atoms with van der Waals surface area (Å²) in [6.07, 6.45) is 0.602. The van der Waals surface area contributed by atoms with Gasteiger partial charge < -0.3 is 14.6 Å². The van der Waals surface area contributed by atoms with Crippen molar-refractivity contribution in [2.45, 2.75) is 18.2 Å². The molecule has 0 aliphatic carbocycles. The molecule has 0 aliphatic rings. The number of nitrogens with zero attached hydrogens (tertiary/aromatic N) is 1. The molecule has 1 atom stereocenters. The number of sulfonamides is 1. The Hall–Kier alpha value is -1.35. The first-order chi connectivity index (χ1) is 11.2. The van der Waals surface area contributed by atoms with Gasteiger partial charge in [0.05, 0.1) is 12.5 Å². The van der Waals surface area contributed by atoms with Crippen LogP contribution in [0.4, 0.5) is 0 Å². The summed E-state index contributed by atoms with van der Waals surface area (Å²) in [7, 11) is -1.04. The fourth-order valence-electron chi connectivity index (χ4n) is 1.92. The Morgan fingerprint density at radius 1 is 1.38 bits per heavy atom. The molecule has 0 aromatic heterocycles. The van der Waals surface area contributed by atoms with Gasteiger partial charge in [-0.1, -0.05) is 18.5 Å². The Kier molecular flexibility index (Phi) is 7.95. The number of methoxy groups -OCH3 is 1. The highest BCUT2D eigenvalue weighted by atomic mass is 35.5. The zero-order valence-corrected chi connectivity index (χ0v) is 15.4. The smallest absolute Gasteiger partial charge is 0.307 e. The van der Waals surface area contributed by atoms with Gasteiger partial charge in [-0.3, -0.25) is 4.79 Å². The SMILES string of the molecule is COCCCOc1ccc(Cl)cc1S(=O)(=O)N(C)CC(C)C(=O)O. The van der Waals surface area contributed by atoms with E-state index in [0.717, 1.165) is 4.31 Å². The molecule has 9 heteroatoms. The van der Waals surface area contributed by atoms with Gasteiger partial charge in [-0.25, -0.2) is 8.42 Å². The summed E-state index contributed by atoms with van der Waals surface area (Å²) < 4.78 is 36.9. The quantitative estimate of drug-likeness (QED) is 0.626. The van der Waals surface area contributed by atoms with E-state index in [9.17, 15) is 13.2 Å². The predicted octanol–water partition coefficient (Wildman–Crippen LogP) is 2.10. The third-order valence-electron chi connectivity index (χ3n) is 3.30. The van der Waals surface area contributed by atoms with Gasteiger partial charge in [0.25, 0.3) is 0 Å². The van der Waals surface area contributed by atoms with Crippen molar-refractivity contribution >= 4 is 27.6 Å². The average Bonchev–Trinajstić information content (AvgIpc) is 2.52. The number of rotatable bonds is 10. The van der Waals surface area contributed by atoms with Crippen molar-refractivity contribution < 1.29 is 27.8 Å². The molecule has 1 rings (SSSR count). The first kappa shape index (κ1) is 20.7. The Labute approximate surface area is 147 Å². The molecule has 1 N–H and O–H groups in total. The minimum absolute atomic E-state index is 0.0903. The number of hydrogen-bond acceptors (Lipinski definition) is 5. The molecule has 136 valence electrons. The zero-order chi connectivity index (χ0) is 18.3. The summed E-state index contributed by atoms with van der Waals surface area (Å²) in [6.45, 7) is 2.06. The summed E-state index contributed by atoms with van der Waals surface area (Å²) in [5.41, 5.74) is 0. The minimum atomic E-state index is -3.93. The molecule has 0 saturated carbocycles. The maximum absolute atomic E-state index is 12.7. The third kappa shape index (κ3) is 5.62. The molecule has 0 spiro atoms. The lowest BCUT2D eigenvalue weighted by atomic mass is 10.2. The van der Waals surface area contributed by atoms with E-state index in [1.165, 1.54) is 32.2 Å². The number of ether oxygens (including phenoxy) is 2. The second-order valence-corrected chi connectivity index (χ2v) is 7.76. The molecule has 24 heavy (non-hydrogen) atoms. The molecule has 1 unspecified atom stereocenters. The normalized spacial score (nSPS) is 13.0. The van der Waals surface area contributed by atoms with Crippen molar-refractivity contribution in [2.24, 2.45) is 5.92 Å². The summed E-state index contributed by atoms with van der Waals surface area (Å²) in [6, 6.07) is 4.31. The number of carboxylic acid groups (broad SMARTS) is 1. The van der Waals surface area contributed by atoms with Gasteiger partial charge in [0.2, 0.25) is 10.0 Å². The van der Waals surface area contributed by atoms with Crippen LogP contribution < -0.4 is 4.74 Å². The van der Waals surface area contributed by atoms with E-state index in [4.69, 9.17) is 26.2 Å². The molecule has 7 nitrogen and oxygen atoms in total. The molecule has 0 aliphatic heterocycles.